The monoisotopic (exact) mass is 343 g/mol. The molecule has 0 aromatic heterocycles. The highest BCUT2D eigenvalue weighted by Gasteiger charge is 2.20. The van der Waals surface area contributed by atoms with Crippen molar-refractivity contribution in [3.05, 3.63) is 59.2 Å². The molecule has 2 aromatic carbocycles. The second-order valence-electron chi connectivity index (χ2n) is 5.04. The number of methoxy groups -OCH3 is 1. The Hall–Kier alpha value is -1.77. The van der Waals surface area contributed by atoms with Gasteiger partial charge in [0.25, 0.3) is 0 Å². The number of nitriles is 1. The van der Waals surface area contributed by atoms with E-state index in [1.165, 1.54) is 17.1 Å². The molecule has 1 heterocycles. The quantitative estimate of drug-likeness (QED) is 0.792. The number of thioether (sulfide) groups is 2. The first-order valence-corrected chi connectivity index (χ1v) is 9.43. The summed E-state index contributed by atoms with van der Waals surface area (Å²) < 4.78 is 11.9. The minimum Gasteiger partial charge on any atom is -0.493 e. The SMILES string of the molecule is COc1cc(C2SCCS2)ccc1OCc1ccccc1C#N. The van der Waals surface area contributed by atoms with Crippen molar-refractivity contribution in [2.24, 2.45) is 0 Å². The van der Waals surface area contributed by atoms with Gasteiger partial charge in [-0.05, 0) is 23.8 Å². The first kappa shape index (κ1) is 16.1. The van der Waals surface area contributed by atoms with Crippen LogP contribution in [0, 0.1) is 11.3 Å². The van der Waals surface area contributed by atoms with Crippen LogP contribution in [-0.4, -0.2) is 18.6 Å². The van der Waals surface area contributed by atoms with E-state index in [1.807, 2.05) is 47.8 Å². The van der Waals surface area contributed by atoms with Gasteiger partial charge in [-0.1, -0.05) is 24.3 Å². The second-order valence-corrected chi connectivity index (χ2v) is 7.77. The number of hydrogen-bond acceptors (Lipinski definition) is 5. The number of ether oxygens (including phenoxy) is 2. The van der Waals surface area contributed by atoms with Crippen LogP contribution in [0.4, 0.5) is 0 Å². The molecule has 1 fully saturated rings. The molecule has 3 rings (SSSR count). The Labute approximate surface area is 145 Å². The minimum absolute atomic E-state index is 0.354. The molecule has 0 spiro atoms. The van der Waals surface area contributed by atoms with Crippen molar-refractivity contribution in [3.63, 3.8) is 0 Å². The largest absolute Gasteiger partial charge is 0.493 e. The van der Waals surface area contributed by atoms with Crippen molar-refractivity contribution in [1.29, 1.82) is 5.26 Å². The molecule has 1 aliphatic rings. The van der Waals surface area contributed by atoms with Crippen LogP contribution in [0.25, 0.3) is 0 Å². The molecular weight excluding hydrogens is 326 g/mol. The average Bonchev–Trinajstić information content (AvgIpc) is 3.14. The third kappa shape index (κ3) is 3.77. The van der Waals surface area contributed by atoms with Crippen LogP contribution in [-0.2, 0) is 6.61 Å². The van der Waals surface area contributed by atoms with E-state index in [1.54, 1.807) is 13.2 Å². The summed E-state index contributed by atoms with van der Waals surface area (Å²) in [5.41, 5.74) is 2.78. The van der Waals surface area contributed by atoms with Gasteiger partial charge in [0.1, 0.15) is 6.61 Å². The van der Waals surface area contributed by atoms with Crippen molar-refractivity contribution < 1.29 is 9.47 Å². The van der Waals surface area contributed by atoms with E-state index in [0.29, 0.717) is 22.5 Å². The Morgan fingerprint density at radius 1 is 1.13 bits per heavy atom. The van der Waals surface area contributed by atoms with E-state index in [4.69, 9.17) is 14.7 Å². The highest BCUT2D eigenvalue weighted by Crippen LogP contribution is 2.47. The molecule has 0 atom stereocenters. The summed E-state index contributed by atoms with van der Waals surface area (Å²) in [6.07, 6.45) is 0. The molecule has 3 nitrogen and oxygen atoms in total. The van der Waals surface area contributed by atoms with Gasteiger partial charge in [-0.25, -0.2) is 0 Å². The lowest BCUT2D eigenvalue weighted by Gasteiger charge is -2.15. The van der Waals surface area contributed by atoms with Crippen LogP contribution in [0.3, 0.4) is 0 Å². The van der Waals surface area contributed by atoms with Crippen molar-refractivity contribution in [2.45, 2.75) is 11.2 Å². The highest BCUT2D eigenvalue weighted by molar-refractivity contribution is 8.19. The third-order valence-electron chi connectivity index (χ3n) is 3.60. The van der Waals surface area contributed by atoms with E-state index < -0.39 is 0 Å². The molecule has 0 saturated carbocycles. The summed E-state index contributed by atoms with van der Waals surface area (Å²) in [5, 5.41) is 9.14. The lowest BCUT2D eigenvalue weighted by Crippen LogP contribution is -2.00. The maximum atomic E-state index is 9.14. The fourth-order valence-electron chi connectivity index (χ4n) is 2.41. The zero-order chi connectivity index (χ0) is 16.1. The number of benzene rings is 2. The summed E-state index contributed by atoms with van der Waals surface area (Å²) in [5.74, 6) is 3.84. The molecule has 0 N–H and O–H groups in total. The van der Waals surface area contributed by atoms with E-state index in [9.17, 15) is 0 Å². The molecule has 5 heteroatoms. The Bertz CT molecular complexity index is 721. The third-order valence-corrected chi connectivity index (χ3v) is 6.71. The summed E-state index contributed by atoms with van der Waals surface area (Å²) in [6, 6.07) is 15.8. The molecule has 0 aliphatic carbocycles. The normalized spacial score (nSPS) is 14.4. The summed E-state index contributed by atoms with van der Waals surface area (Å²) in [7, 11) is 1.66. The molecule has 118 valence electrons. The molecule has 2 aromatic rings. The highest BCUT2D eigenvalue weighted by atomic mass is 32.2. The van der Waals surface area contributed by atoms with Gasteiger partial charge in [-0.15, -0.1) is 23.5 Å². The van der Waals surface area contributed by atoms with Crippen LogP contribution in [0.5, 0.6) is 11.5 Å². The zero-order valence-corrected chi connectivity index (χ0v) is 14.5. The van der Waals surface area contributed by atoms with Crippen LogP contribution in [0.15, 0.2) is 42.5 Å². The molecular formula is C18H17NO2S2. The maximum Gasteiger partial charge on any atom is 0.161 e. The van der Waals surface area contributed by atoms with Crippen molar-refractivity contribution >= 4 is 23.5 Å². The number of hydrogen-bond donors (Lipinski definition) is 0. The van der Waals surface area contributed by atoms with Crippen molar-refractivity contribution in [1.82, 2.24) is 0 Å². The van der Waals surface area contributed by atoms with E-state index >= 15 is 0 Å². The Morgan fingerprint density at radius 3 is 2.65 bits per heavy atom. The van der Waals surface area contributed by atoms with Gasteiger partial charge >= 0.3 is 0 Å². The van der Waals surface area contributed by atoms with Crippen LogP contribution >= 0.6 is 23.5 Å². The van der Waals surface area contributed by atoms with Gasteiger partial charge in [0, 0.05) is 17.1 Å². The van der Waals surface area contributed by atoms with Gasteiger partial charge in [-0.3, -0.25) is 0 Å². The van der Waals surface area contributed by atoms with Gasteiger partial charge in [0.05, 0.1) is 23.3 Å². The van der Waals surface area contributed by atoms with Crippen LogP contribution < -0.4 is 9.47 Å². The Kier molecular flexibility index (Phi) is 5.37. The smallest absolute Gasteiger partial charge is 0.161 e. The second kappa shape index (κ2) is 7.67. The fourth-order valence-corrected chi connectivity index (χ4v) is 5.25. The maximum absolute atomic E-state index is 9.14. The molecule has 23 heavy (non-hydrogen) atoms. The first-order chi connectivity index (χ1) is 11.3. The topological polar surface area (TPSA) is 42.2 Å². The molecule has 0 unspecified atom stereocenters. The fraction of sp³-hybridized carbons (Fsp3) is 0.278. The Morgan fingerprint density at radius 2 is 1.91 bits per heavy atom. The van der Waals surface area contributed by atoms with Crippen LogP contribution in [0.1, 0.15) is 21.3 Å². The van der Waals surface area contributed by atoms with Gasteiger partial charge < -0.3 is 9.47 Å². The van der Waals surface area contributed by atoms with Crippen molar-refractivity contribution in [2.75, 3.05) is 18.6 Å². The standard InChI is InChI=1S/C18H17NO2S2/c1-20-17-10-13(18-22-8-9-23-18)6-7-16(17)21-12-15-5-3-2-4-14(15)11-19/h2-7,10,18H,8-9,12H2,1H3. The first-order valence-electron chi connectivity index (χ1n) is 7.34. The molecule has 1 aliphatic heterocycles. The van der Waals surface area contributed by atoms with E-state index in [0.717, 1.165) is 11.3 Å². The van der Waals surface area contributed by atoms with Gasteiger partial charge in [-0.2, -0.15) is 5.26 Å². The van der Waals surface area contributed by atoms with Crippen molar-refractivity contribution in [3.8, 4) is 17.6 Å². The summed E-state index contributed by atoms with van der Waals surface area (Å²) >= 11 is 3.93. The van der Waals surface area contributed by atoms with E-state index in [-0.39, 0.29) is 0 Å². The average molecular weight is 343 g/mol. The van der Waals surface area contributed by atoms with Gasteiger partial charge in [0.15, 0.2) is 11.5 Å². The predicted octanol–water partition coefficient (Wildman–Crippen LogP) is 4.62. The van der Waals surface area contributed by atoms with Gasteiger partial charge in [0.2, 0.25) is 0 Å². The predicted molar refractivity (Wildman–Crippen MR) is 96.1 cm³/mol. The summed E-state index contributed by atoms with van der Waals surface area (Å²) in [6.45, 7) is 0.354. The summed E-state index contributed by atoms with van der Waals surface area (Å²) in [4.78, 5) is 0. The molecule has 0 bridgehead atoms. The molecule has 1 saturated heterocycles. The molecule has 0 amide bonds. The zero-order valence-electron chi connectivity index (χ0n) is 12.8. The minimum atomic E-state index is 0.354. The molecule has 0 radical (unpaired) electrons. The van der Waals surface area contributed by atoms with Crippen LogP contribution in [0.2, 0.25) is 0 Å². The van der Waals surface area contributed by atoms with E-state index in [2.05, 4.69) is 18.2 Å². The lowest BCUT2D eigenvalue weighted by atomic mass is 10.1. The number of rotatable bonds is 5. The Balaban J connectivity index is 1.76. The lowest BCUT2D eigenvalue weighted by molar-refractivity contribution is 0.284. The number of nitrogens with zero attached hydrogens (tertiary/aromatic N) is 1.